The summed E-state index contributed by atoms with van der Waals surface area (Å²) in [5.41, 5.74) is 2.70. The zero-order valence-electron chi connectivity index (χ0n) is 9.98. The monoisotopic (exact) mass is 231 g/mol. The van der Waals surface area contributed by atoms with Crippen LogP contribution in [0.3, 0.4) is 0 Å². The molecule has 4 heteroatoms. The average Bonchev–Trinajstić information content (AvgIpc) is 2.87. The lowest BCUT2D eigenvalue weighted by Gasteiger charge is -2.21. The Balaban J connectivity index is 1.90. The molecule has 0 saturated carbocycles. The molecule has 2 aromatic rings. The lowest BCUT2D eigenvalue weighted by atomic mass is 9.93. The van der Waals surface area contributed by atoms with Crippen molar-refractivity contribution in [3.05, 3.63) is 30.1 Å². The summed E-state index contributed by atoms with van der Waals surface area (Å²) < 4.78 is 2.00. The number of nitrogens with one attached hydrogen (secondary N) is 1. The van der Waals surface area contributed by atoms with Crippen LogP contribution in [0.2, 0.25) is 0 Å². The van der Waals surface area contributed by atoms with Crippen LogP contribution in [0.25, 0.3) is 11.0 Å². The quantitative estimate of drug-likeness (QED) is 0.805. The number of hydrogen-bond donors (Lipinski definition) is 2. The molecule has 0 radical (unpaired) electrons. The largest absolute Gasteiger partial charge is 0.388 e. The first kappa shape index (κ1) is 10.7. The third kappa shape index (κ3) is 1.94. The number of rotatable bonds is 2. The van der Waals surface area contributed by atoms with E-state index in [1.807, 2.05) is 17.9 Å². The first-order valence-corrected chi connectivity index (χ1v) is 5.99. The molecule has 17 heavy (non-hydrogen) atoms. The zero-order valence-corrected chi connectivity index (χ0v) is 9.98. The van der Waals surface area contributed by atoms with Crippen LogP contribution in [0, 0.1) is 0 Å². The number of imidazole rings is 1. The predicted octanol–water partition coefficient (Wildman–Crippen LogP) is 0.840. The van der Waals surface area contributed by atoms with Gasteiger partial charge in [-0.1, -0.05) is 6.07 Å². The third-order valence-corrected chi connectivity index (χ3v) is 3.54. The van der Waals surface area contributed by atoms with Gasteiger partial charge in [-0.25, -0.2) is 4.98 Å². The van der Waals surface area contributed by atoms with Gasteiger partial charge in [-0.3, -0.25) is 0 Å². The molecule has 0 aliphatic carbocycles. The Labute approximate surface area is 100 Å². The molecule has 1 saturated heterocycles. The highest BCUT2D eigenvalue weighted by Gasteiger charge is 2.31. The Bertz CT molecular complexity index is 541. The standard InChI is InChI=1S/C13H17N3O/c1-16-9-15-11-6-10(2-3-12(11)16)7-13(17)4-5-14-8-13/h2-3,6,9,14,17H,4-5,7-8H2,1H3. The van der Waals surface area contributed by atoms with Crippen LogP contribution in [0.1, 0.15) is 12.0 Å². The van der Waals surface area contributed by atoms with Crippen molar-refractivity contribution in [2.75, 3.05) is 13.1 Å². The maximum absolute atomic E-state index is 10.3. The normalized spacial score (nSPS) is 24.6. The lowest BCUT2D eigenvalue weighted by molar-refractivity contribution is 0.0619. The molecular formula is C13H17N3O. The maximum atomic E-state index is 10.3. The molecule has 1 aromatic carbocycles. The third-order valence-electron chi connectivity index (χ3n) is 3.54. The van der Waals surface area contributed by atoms with Gasteiger partial charge in [0.15, 0.2) is 0 Å². The highest BCUT2D eigenvalue weighted by atomic mass is 16.3. The molecule has 1 aromatic heterocycles. The van der Waals surface area contributed by atoms with Crippen molar-refractivity contribution in [1.82, 2.24) is 14.9 Å². The van der Waals surface area contributed by atoms with E-state index in [1.54, 1.807) is 0 Å². The van der Waals surface area contributed by atoms with E-state index in [0.29, 0.717) is 13.0 Å². The summed E-state index contributed by atoms with van der Waals surface area (Å²) in [6.45, 7) is 1.59. The zero-order chi connectivity index (χ0) is 11.9. The van der Waals surface area contributed by atoms with E-state index in [-0.39, 0.29) is 0 Å². The molecule has 2 heterocycles. The van der Waals surface area contributed by atoms with Crippen molar-refractivity contribution < 1.29 is 5.11 Å². The summed E-state index contributed by atoms with van der Waals surface area (Å²) in [4.78, 5) is 4.34. The van der Waals surface area contributed by atoms with Crippen LogP contribution < -0.4 is 5.32 Å². The van der Waals surface area contributed by atoms with Crippen molar-refractivity contribution in [3.63, 3.8) is 0 Å². The summed E-state index contributed by atoms with van der Waals surface area (Å²) in [7, 11) is 1.99. The van der Waals surface area contributed by atoms with E-state index in [4.69, 9.17) is 0 Å². The summed E-state index contributed by atoms with van der Waals surface area (Å²) in [5, 5.41) is 13.5. The molecular weight excluding hydrogens is 214 g/mol. The van der Waals surface area contributed by atoms with Crippen LogP contribution in [0.4, 0.5) is 0 Å². The number of hydrogen-bond acceptors (Lipinski definition) is 3. The Hall–Kier alpha value is -1.39. The number of fused-ring (bicyclic) bond motifs is 1. The van der Waals surface area contributed by atoms with E-state index in [9.17, 15) is 5.11 Å². The van der Waals surface area contributed by atoms with Crippen molar-refractivity contribution in [2.24, 2.45) is 7.05 Å². The van der Waals surface area contributed by atoms with E-state index in [2.05, 4.69) is 28.5 Å². The molecule has 1 fully saturated rings. The first-order valence-electron chi connectivity index (χ1n) is 5.99. The summed E-state index contributed by atoms with van der Waals surface area (Å²) in [6, 6.07) is 6.23. The second kappa shape index (κ2) is 3.82. The van der Waals surface area contributed by atoms with Crippen LogP contribution in [-0.2, 0) is 13.5 Å². The summed E-state index contributed by atoms with van der Waals surface area (Å²) >= 11 is 0. The minimum absolute atomic E-state index is 0.581. The van der Waals surface area contributed by atoms with Crippen molar-refractivity contribution in [3.8, 4) is 0 Å². The number of aromatic nitrogens is 2. The first-order chi connectivity index (χ1) is 8.16. The SMILES string of the molecule is Cn1cnc2cc(CC3(O)CCNC3)ccc21. The molecule has 0 bridgehead atoms. The number of nitrogens with zero attached hydrogens (tertiary/aromatic N) is 2. The van der Waals surface area contributed by atoms with Gasteiger partial charge in [0.1, 0.15) is 0 Å². The average molecular weight is 231 g/mol. The molecule has 90 valence electrons. The van der Waals surface area contributed by atoms with Gasteiger partial charge in [0.25, 0.3) is 0 Å². The fourth-order valence-corrected chi connectivity index (χ4v) is 2.55. The van der Waals surface area contributed by atoms with Gasteiger partial charge in [-0.15, -0.1) is 0 Å². The Morgan fingerprint density at radius 2 is 2.41 bits per heavy atom. The molecule has 1 aliphatic heterocycles. The molecule has 1 unspecified atom stereocenters. The van der Waals surface area contributed by atoms with Gasteiger partial charge < -0.3 is 15.0 Å². The van der Waals surface area contributed by atoms with E-state index >= 15 is 0 Å². The number of aryl methyl sites for hydroxylation is 1. The Morgan fingerprint density at radius 3 is 3.18 bits per heavy atom. The van der Waals surface area contributed by atoms with Crippen LogP contribution in [0.5, 0.6) is 0 Å². The molecule has 3 rings (SSSR count). The van der Waals surface area contributed by atoms with Crippen LogP contribution in [0.15, 0.2) is 24.5 Å². The highest BCUT2D eigenvalue weighted by Crippen LogP contribution is 2.22. The second-order valence-corrected chi connectivity index (χ2v) is 5.01. The number of benzene rings is 1. The molecule has 1 atom stereocenters. The fraction of sp³-hybridized carbons (Fsp3) is 0.462. The molecule has 2 N–H and O–H groups in total. The lowest BCUT2D eigenvalue weighted by Crippen LogP contribution is -2.33. The maximum Gasteiger partial charge on any atom is 0.0955 e. The fourth-order valence-electron chi connectivity index (χ4n) is 2.55. The van der Waals surface area contributed by atoms with Crippen molar-refractivity contribution in [1.29, 1.82) is 0 Å². The topological polar surface area (TPSA) is 50.1 Å². The summed E-state index contributed by atoms with van der Waals surface area (Å²) in [6.07, 6.45) is 3.35. The second-order valence-electron chi connectivity index (χ2n) is 5.01. The number of β-amino-alcohol motifs (C(OH)–C–C–N with tert-alkyl or cyclic N) is 1. The van der Waals surface area contributed by atoms with Gasteiger partial charge in [-0.2, -0.15) is 0 Å². The minimum atomic E-state index is -0.581. The van der Waals surface area contributed by atoms with Gasteiger partial charge in [-0.05, 0) is 30.7 Å². The molecule has 0 amide bonds. The minimum Gasteiger partial charge on any atom is -0.388 e. The Morgan fingerprint density at radius 1 is 1.53 bits per heavy atom. The molecule has 0 spiro atoms. The summed E-state index contributed by atoms with van der Waals surface area (Å²) in [5.74, 6) is 0. The molecule has 1 aliphatic rings. The van der Waals surface area contributed by atoms with Gasteiger partial charge >= 0.3 is 0 Å². The highest BCUT2D eigenvalue weighted by molar-refractivity contribution is 5.75. The number of aliphatic hydroxyl groups is 1. The van der Waals surface area contributed by atoms with Crippen molar-refractivity contribution >= 4 is 11.0 Å². The molecule has 4 nitrogen and oxygen atoms in total. The smallest absolute Gasteiger partial charge is 0.0955 e. The predicted molar refractivity (Wildman–Crippen MR) is 66.9 cm³/mol. The van der Waals surface area contributed by atoms with Crippen LogP contribution in [-0.4, -0.2) is 33.3 Å². The van der Waals surface area contributed by atoms with E-state index < -0.39 is 5.60 Å². The Kier molecular flexibility index (Phi) is 2.42. The van der Waals surface area contributed by atoms with Crippen LogP contribution >= 0.6 is 0 Å². The van der Waals surface area contributed by atoms with Gasteiger partial charge in [0.05, 0.1) is 23.0 Å². The van der Waals surface area contributed by atoms with Gasteiger partial charge in [0, 0.05) is 20.0 Å². The van der Waals surface area contributed by atoms with E-state index in [0.717, 1.165) is 29.6 Å². The van der Waals surface area contributed by atoms with Gasteiger partial charge in [0.2, 0.25) is 0 Å². The van der Waals surface area contributed by atoms with E-state index in [1.165, 1.54) is 0 Å². The van der Waals surface area contributed by atoms with Crippen molar-refractivity contribution in [2.45, 2.75) is 18.4 Å².